The first kappa shape index (κ1) is 50.1. The van der Waals surface area contributed by atoms with Crippen LogP contribution in [0.4, 0.5) is 0 Å². The highest BCUT2D eigenvalue weighted by molar-refractivity contribution is 5.72. The lowest BCUT2D eigenvalue weighted by atomic mass is 10.1. The lowest BCUT2D eigenvalue weighted by Crippen LogP contribution is -2.50. The molecule has 8 nitrogen and oxygen atoms in total. The highest BCUT2D eigenvalue weighted by atomic mass is 16.6. The van der Waals surface area contributed by atoms with Gasteiger partial charge in [-0.05, 0) is 38.5 Å². The van der Waals surface area contributed by atoms with Gasteiger partial charge in [0.25, 0.3) is 0 Å². The average molecular weight is 739 g/mol. The van der Waals surface area contributed by atoms with Crippen molar-refractivity contribution >= 4 is 17.9 Å². The molecule has 0 saturated heterocycles. The predicted octanol–water partition coefficient (Wildman–Crippen LogP) is 11.5. The zero-order chi connectivity index (χ0) is 38.5. The molecule has 0 heterocycles. The summed E-state index contributed by atoms with van der Waals surface area (Å²) in [5, 5.41) is 9.58. The summed E-state index contributed by atoms with van der Waals surface area (Å²) in [6.45, 7) is 4.70. The Labute approximate surface area is 320 Å². The molecule has 2 unspecified atom stereocenters. The summed E-state index contributed by atoms with van der Waals surface area (Å²) in [7, 11) is 5.52. The number of quaternary nitrogens is 1. The van der Waals surface area contributed by atoms with Crippen LogP contribution in [0, 0.1) is 0 Å². The molecular formula is C44H84NO7+. The van der Waals surface area contributed by atoms with E-state index in [0.29, 0.717) is 19.3 Å². The number of esters is 2. The van der Waals surface area contributed by atoms with E-state index in [9.17, 15) is 19.5 Å². The first-order chi connectivity index (χ1) is 25.1. The van der Waals surface area contributed by atoms with Crippen molar-refractivity contribution in [3.05, 3.63) is 12.2 Å². The number of rotatable bonds is 39. The van der Waals surface area contributed by atoms with Gasteiger partial charge < -0.3 is 23.8 Å². The highest BCUT2D eigenvalue weighted by Gasteiger charge is 2.31. The van der Waals surface area contributed by atoms with Crippen LogP contribution in [0.1, 0.15) is 200 Å². The van der Waals surface area contributed by atoms with E-state index in [1.165, 1.54) is 128 Å². The molecule has 0 fully saturated rings. The van der Waals surface area contributed by atoms with Crippen LogP contribution in [0.25, 0.3) is 0 Å². The molecule has 0 aromatic heterocycles. The molecule has 0 bridgehead atoms. The number of carboxylic acids is 1. The van der Waals surface area contributed by atoms with Gasteiger partial charge in [-0.3, -0.25) is 9.59 Å². The zero-order valence-electron chi connectivity index (χ0n) is 34.8. The number of carbonyl (C=O) groups is 3. The third kappa shape index (κ3) is 33.9. The highest BCUT2D eigenvalue weighted by Crippen LogP contribution is 2.15. The van der Waals surface area contributed by atoms with E-state index in [1.807, 2.05) is 21.1 Å². The molecule has 0 aliphatic rings. The third-order valence-corrected chi connectivity index (χ3v) is 9.91. The molecule has 0 aromatic carbocycles. The number of hydrogen-bond donors (Lipinski definition) is 1. The fourth-order valence-corrected chi connectivity index (χ4v) is 6.50. The van der Waals surface area contributed by atoms with Gasteiger partial charge in [0.05, 0.1) is 34.4 Å². The van der Waals surface area contributed by atoms with Crippen LogP contribution in [0.2, 0.25) is 0 Å². The summed E-state index contributed by atoms with van der Waals surface area (Å²) in [5.41, 5.74) is 0. The van der Waals surface area contributed by atoms with Crippen LogP contribution >= 0.6 is 0 Å². The number of ether oxygens (including phenoxy) is 3. The molecule has 0 aliphatic carbocycles. The number of carbonyl (C=O) groups excluding carboxylic acids is 2. The van der Waals surface area contributed by atoms with Crippen molar-refractivity contribution < 1.29 is 38.2 Å². The minimum absolute atomic E-state index is 0.0473. The van der Waals surface area contributed by atoms with Gasteiger partial charge in [0, 0.05) is 19.3 Å². The Morgan fingerprint density at radius 2 is 0.962 bits per heavy atom. The number of allylic oxidation sites excluding steroid dienone is 2. The quantitative estimate of drug-likeness (QED) is 0.0290. The van der Waals surface area contributed by atoms with Gasteiger partial charge in [-0.25, -0.2) is 4.79 Å². The Morgan fingerprint density at radius 1 is 0.558 bits per heavy atom. The molecule has 0 spiro atoms. The summed E-state index contributed by atoms with van der Waals surface area (Å²) < 4.78 is 17.2. The van der Waals surface area contributed by atoms with Gasteiger partial charge in [0.15, 0.2) is 12.1 Å². The maximum absolute atomic E-state index is 12.7. The van der Waals surface area contributed by atoms with E-state index in [0.717, 1.165) is 38.5 Å². The normalized spacial score (nSPS) is 13.0. The second-order valence-electron chi connectivity index (χ2n) is 16.0. The van der Waals surface area contributed by atoms with Crippen LogP contribution in [-0.4, -0.2) is 80.6 Å². The Bertz CT molecular complexity index is 869. The van der Waals surface area contributed by atoms with Crippen LogP contribution in [0.15, 0.2) is 12.2 Å². The minimum Gasteiger partial charge on any atom is -0.477 e. The van der Waals surface area contributed by atoms with Crippen molar-refractivity contribution in [1.29, 1.82) is 0 Å². The summed E-state index contributed by atoms with van der Waals surface area (Å²) in [6.07, 6.45) is 37.0. The van der Waals surface area contributed by atoms with Gasteiger partial charge in [-0.1, -0.05) is 154 Å². The Morgan fingerprint density at radius 3 is 1.38 bits per heavy atom. The monoisotopic (exact) mass is 739 g/mol. The molecule has 0 aliphatic heterocycles. The average Bonchev–Trinajstić information content (AvgIpc) is 3.09. The molecule has 306 valence electrons. The van der Waals surface area contributed by atoms with Crippen molar-refractivity contribution in [1.82, 2.24) is 0 Å². The molecular weight excluding hydrogens is 654 g/mol. The number of aliphatic carboxylic acids is 1. The van der Waals surface area contributed by atoms with Crippen LogP contribution in [0.3, 0.4) is 0 Å². The second-order valence-corrected chi connectivity index (χ2v) is 16.0. The molecule has 0 amide bonds. The van der Waals surface area contributed by atoms with Gasteiger partial charge in [0.2, 0.25) is 0 Å². The van der Waals surface area contributed by atoms with E-state index in [-0.39, 0.29) is 36.2 Å². The van der Waals surface area contributed by atoms with E-state index in [4.69, 9.17) is 14.2 Å². The molecule has 0 aromatic rings. The first-order valence-electron chi connectivity index (χ1n) is 21.7. The van der Waals surface area contributed by atoms with Crippen molar-refractivity contribution in [3.8, 4) is 0 Å². The number of likely N-dealkylation sites (N-methyl/N-ethyl adjacent to an activating group) is 1. The summed E-state index contributed by atoms with van der Waals surface area (Å²) in [6, 6.07) is -0.609. The molecule has 52 heavy (non-hydrogen) atoms. The third-order valence-electron chi connectivity index (χ3n) is 9.91. The Kier molecular flexibility index (Phi) is 34.7. The Hall–Kier alpha value is -1.93. The number of nitrogens with zero attached hydrogens (tertiary/aromatic N) is 1. The fourth-order valence-electron chi connectivity index (χ4n) is 6.50. The SMILES string of the molecule is CCCCCCCCCC/C=C\CCCCCCCCCCCC(=O)OC(COCCC(C(=O)O)[N+](C)(C)C)COC(=O)CCCCCCCCC. The molecule has 8 heteroatoms. The molecule has 2 atom stereocenters. The van der Waals surface area contributed by atoms with Crippen molar-refractivity contribution in [3.63, 3.8) is 0 Å². The number of carboxylic acid groups (broad SMARTS) is 1. The largest absolute Gasteiger partial charge is 0.477 e. The van der Waals surface area contributed by atoms with E-state index in [1.54, 1.807) is 0 Å². The van der Waals surface area contributed by atoms with Crippen molar-refractivity contribution in [2.45, 2.75) is 212 Å². The lowest BCUT2D eigenvalue weighted by molar-refractivity contribution is -0.887. The number of hydrogen-bond acceptors (Lipinski definition) is 6. The van der Waals surface area contributed by atoms with Crippen LogP contribution in [-0.2, 0) is 28.6 Å². The predicted molar refractivity (Wildman–Crippen MR) is 215 cm³/mol. The maximum Gasteiger partial charge on any atom is 0.362 e. The van der Waals surface area contributed by atoms with Crippen molar-refractivity contribution in [2.24, 2.45) is 0 Å². The van der Waals surface area contributed by atoms with Gasteiger partial charge >= 0.3 is 17.9 Å². The zero-order valence-corrected chi connectivity index (χ0v) is 34.8. The molecule has 0 rings (SSSR count). The molecule has 0 radical (unpaired) electrons. The number of unbranched alkanes of at least 4 members (excludes halogenated alkanes) is 23. The van der Waals surface area contributed by atoms with Crippen LogP contribution in [0.5, 0.6) is 0 Å². The Balaban J connectivity index is 4.17. The van der Waals surface area contributed by atoms with Gasteiger partial charge in [-0.15, -0.1) is 0 Å². The summed E-state index contributed by atoms with van der Waals surface area (Å²) in [5.74, 6) is -1.47. The van der Waals surface area contributed by atoms with Gasteiger partial charge in [0.1, 0.15) is 6.61 Å². The smallest absolute Gasteiger partial charge is 0.362 e. The standard InChI is InChI=1S/C44H83NO7/c1-6-8-10-12-14-15-16-17-18-19-20-21-22-23-24-25-26-27-29-31-33-35-43(47)52-40(38-50-37-36-41(44(48)49)45(3,4)5)39-51-42(46)34-32-30-28-13-11-9-7-2/h19-20,40-41H,6-18,21-39H2,1-5H3/p+1/b20-19-. The van der Waals surface area contributed by atoms with Crippen LogP contribution < -0.4 is 0 Å². The van der Waals surface area contributed by atoms with Gasteiger partial charge in [-0.2, -0.15) is 0 Å². The topological polar surface area (TPSA) is 99.1 Å². The van der Waals surface area contributed by atoms with Crippen molar-refractivity contribution in [2.75, 3.05) is 41.0 Å². The summed E-state index contributed by atoms with van der Waals surface area (Å²) in [4.78, 5) is 36.7. The molecule has 0 saturated carbocycles. The fraction of sp³-hybridized carbons (Fsp3) is 0.886. The minimum atomic E-state index is -0.874. The lowest BCUT2D eigenvalue weighted by Gasteiger charge is -2.31. The van der Waals surface area contributed by atoms with E-state index < -0.39 is 18.1 Å². The first-order valence-corrected chi connectivity index (χ1v) is 21.7. The summed E-state index contributed by atoms with van der Waals surface area (Å²) >= 11 is 0. The van der Waals surface area contributed by atoms with E-state index in [2.05, 4.69) is 26.0 Å². The maximum atomic E-state index is 12.7. The molecule has 1 N–H and O–H groups in total. The second kappa shape index (κ2) is 36.1. The van der Waals surface area contributed by atoms with E-state index >= 15 is 0 Å².